The van der Waals surface area contributed by atoms with E-state index in [1.165, 1.54) is 51.7 Å². The first kappa shape index (κ1) is 38.7. The summed E-state index contributed by atoms with van der Waals surface area (Å²) < 4.78 is 16.4. The predicted octanol–water partition coefficient (Wildman–Crippen LogP) is 14.4. The van der Waals surface area contributed by atoms with Crippen LogP contribution in [0.25, 0.3) is 0 Å². The first-order valence-electron chi connectivity index (χ1n) is 19.1. The molecule has 0 radical (unpaired) electrons. The van der Waals surface area contributed by atoms with Gasteiger partial charge in [-0.2, -0.15) is 0 Å². The fourth-order valence-corrected chi connectivity index (χ4v) is 11.0. The first-order valence-corrected chi connectivity index (χ1v) is 22.7. The molecule has 4 nitrogen and oxygen atoms in total. The van der Waals surface area contributed by atoms with Crippen molar-refractivity contribution in [2.24, 2.45) is 0 Å². The maximum absolute atomic E-state index is 12.7. The van der Waals surface area contributed by atoms with Gasteiger partial charge in [0.05, 0.1) is 29.7 Å². The molecule has 0 aliphatic heterocycles. The van der Waals surface area contributed by atoms with E-state index in [0.29, 0.717) is 11.3 Å². The summed E-state index contributed by atoms with van der Waals surface area (Å²) in [4.78, 5) is 23.5. The first-order chi connectivity index (χ1) is 29.1. The Kier molecular flexibility index (Phi) is 12.1. The minimum Gasteiger partial charge on any atom is -0.469 e. The highest BCUT2D eigenvalue weighted by atomic mass is 32.2. The summed E-state index contributed by atoms with van der Waals surface area (Å²) in [7, 11) is -0.332. The zero-order chi connectivity index (χ0) is 39.8. The van der Waals surface area contributed by atoms with Gasteiger partial charge in [-0.1, -0.05) is 59.6 Å². The number of ketones is 1. The van der Waals surface area contributed by atoms with Gasteiger partial charge in [-0.15, -0.1) is 0 Å². The predicted molar refractivity (Wildman–Crippen MR) is 238 cm³/mol. The molecule has 6 aromatic carbocycles. The van der Waals surface area contributed by atoms with E-state index in [2.05, 4.69) is 121 Å². The number of rotatable bonds is 15. The van der Waals surface area contributed by atoms with Gasteiger partial charge < -0.3 is 13.3 Å². The molecule has 0 atom stereocenters. The molecule has 9 rings (SSSR count). The van der Waals surface area contributed by atoms with E-state index >= 15 is 0 Å². The Morgan fingerprint density at radius 3 is 1.07 bits per heavy atom. The third-order valence-electron chi connectivity index (χ3n) is 9.51. The second-order valence-corrected chi connectivity index (χ2v) is 19.1. The van der Waals surface area contributed by atoms with E-state index in [-0.39, 0.29) is 16.7 Å². The van der Waals surface area contributed by atoms with Gasteiger partial charge >= 0.3 is 0 Å². The van der Waals surface area contributed by atoms with Gasteiger partial charge in [0.1, 0.15) is 11.5 Å². The molecule has 0 saturated carbocycles. The van der Waals surface area contributed by atoms with E-state index in [4.69, 9.17) is 13.3 Å². The molecule has 0 unspecified atom stereocenters. The van der Waals surface area contributed by atoms with Crippen LogP contribution in [-0.4, -0.2) is 5.78 Å². The minimum absolute atomic E-state index is 0.118. The molecule has 59 heavy (non-hydrogen) atoms. The lowest BCUT2D eigenvalue weighted by Gasteiger charge is -2.11. The third kappa shape index (κ3) is 9.92. The minimum atomic E-state index is -0.332. The summed E-state index contributed by atoms with van der Waals surface area (Å²) in [5, 5.41) is 0. The summed E-state index contributed by atoms with van der Waals surface area (Å²) in [6.45, 7) is 0. The summed E-state index contributed by atoms with van der Waals surface area (Å²) in [6.07, 6.45) is 6.54. The molecule has 0 fully saturated rings. The molecule has 3 aromatic heterocycles. The topological polar surface area (TPSA) is 56.5 Å². The van der Waals surface area contributed by atoms with Gasteiger partial charge in [0.15, 0.2) is 20.4 Å². The zero-order valence-electron chi connectivity index (χ0n) is 31.7. The number of hydrogen-bond donors (Lipinski definition) is 0. The number of benzene rings is 6. The van der Waals surface area contributed by atoms with Crippen molar-refractivity contribution in [3.8, 4) is 0 Å². The quantitative estimate of drug-likeness (QED) is 0.0753. The van der Waals surface area contributed by atoms with E-state index < -0.39 is 0 Å². The van der Waals surface area contributed by atoms with Crippen molar-refractivity contribution >= 4 is 52.0 Å². The van der Waals surface area contributed by atoms with Crippen molar-refractivity contribution in [2.45, 2.75) is 56.9 Å². The second-order valence-electron chi connectivity index (χ2n) is 13.7. The molecular formula is C51H37O4S4+. The van der Waals surface area contributed by atoms with Crippen molar-refractivity contribution < 1.29 is 18.0 Å². The van der Waals surface area contributed by atoms with E-state index in [0.717, 1.165) is 34.2 Å². The molecule has 0 saturated heterocycles. The SMILES string of the molecule is O=C(c1ccc(Sc2ccc([S+](c3ccc(Sc4ccc(Cc5ccco5)cc4)cc3)c3ccc(Sc4ccc(Cc5ccco5)cc4)cc3)cc2)cc1)c1ccco1. The van der Waals surface area contributed by atoms with Crippen LogP contribution in [0.15, 0.2) is 258 Å². The van der Waals surface area contributed by atoms with E-state index in [1.54, 1.807) is 59.9 Å². The molecule has 3 heterocycles. The van der Waals surface area contributed by atoms with Crippen molar-refractivity contribution in [1.82, 2.24) is 0 Å². The molecule has 0 amide bonds. The summed E-state index contributed by atoms with van der Waals surface area (Å²) in [5.41, 5.74) is 3.06. The highest BCUT2D eigenvalue weighted by Gasteiger charge is 2.29. The summed E-state index contributed by atoms with van der Waals surface area (Å²) in [6, 6.07) is 63.4. The van der Waals surface area contributed by atoms with Crippen LogP contribution >= 0.6 is 35.3 Å². The number of carbonyl (C=O) groups is 1. The summed E-state index contributed by atoms with van der Waals surface area (Å²) >= 11 is 5.22. The fourth-order valence-electron chi connectivity index (χ4n) is 6.55. The molecule has 0 aliphatic carbocycles. The molecular weight excluding hydrogens is 805 g/mol. The van der Waals surface area contributed by atoms with Gasteiger partial charge in [0, 0.05) is 47.8 Å². The smallest absolute Gasteiger partial charge is 0.228 e. The Morgan fingerprint density at radius 1 is 0.390 bits per heavy atom. The molecule has 0 N–H and O–H groups in total. The highest BCUT2D eigenvalue weighted by molar-refractivity contribution is 8.00. The lowest BCUT2D eigenvalue weighted by molar-refractivity contribution is 0.101. The zero-order valence-corrected chi connectivity index (χ0v) is 35.0. The average Bonchev–Trinajstić information content (AvgIpc) is 4.11. The van der Waals surface area contributed by atoms with Crippen LogP contribution in [0, 0.1) is 0 Å². The van der Waals surface area contributed by atoms with Crippen LogP contribution < -0.4 is 0 Å². The second kappa shape index (κ2) is 18.4. The monoisotopic (exact) mass is 841 g/mol. The molecule has 9 aromatic rings. The Morgan fingerprint density at radius 2 is 0.729 bits per heavy atom. The number of hydrogen-bond acceptors (Lipinski definition) is 7. The van der Waals surface area contributed by atoms with Crippen molar-refractivity contribution in [3.05, 3.63) is 235 Å². The van der Waals surface area contributed by atoms with Gasteiger partial charge in [0.2, 0.25) is 5.78 Å². The lowest BCUT2D eigenvalue weighted by atomic mass is 10.1. The van der Waals surface area contributed by atoms with Crippen LogP contribution in [0.3, 0.4) is 0 Å². The van der Waals surface area contributed by atoms with Crippen LogP contribution in [0.1, 0.15) is 38.8 Å². The lowest BCUT2D eigenvalue weighted by Crippen LogP contribution is -2.04. The van der Waals surface area contributed by atoms with Crippen molar-refractivity contribution in [3.63, 3.8) is 0 Å². The fraction of sp³-hybridized carbons (Fsp3) is 0.0392. The molecule has 288 valence electrons. The maximum atomic E-state index is 12.7. The number of carbonyl (C=O) groups excluding carboxylic acids is 1. The summed E-state index contributed by atoms with van der Waals surface area (Å²) in [5.74, 6) is 2.16. The Bertz CT molecular complexity index is 2560. The van der Waals surface area contributed by atoms with Gasteiger partial charge in [-0.25, -0.2) is 0 Å². The van der Waals surface area contributed by atoms with Crippen LogP contribution in [0.4, 0.5) is 0 Å². The largest absolute Gasteiger partial charge is 0.469 e. The molecule has 0 bridgehead atoms. The van der Waals surface area contributed by atoms with E-state index in [1.807, 2.05) is 48.5 Å². The van der Waals surface area contributed by atoms with Crippen LogP contribution in [0.2, 0.25) is 0 Å². The van der Waals surface area contributed by atoms with Crippen molar-refractivity contribution in [2.75, 3.05) is 0 Å². The standard InChI is InChI=1S/C51H37O4S4/c52-51(50-6-3-33-55-50)38-11-17-43(18-12-38)58-46-23-29-49(30-24-46)59(47-25-19-44(20-26-47)56-41-13-7-36(8-14-41)34-39-4-1-31-53-39)48-27-21-45(22-28-48)57-42-15-9-37(10-16-42)35-40-5-2-32-54-40/h1-33H,34-35H2/q+1. The van der Waals surface area contributed by atoms with Gasteiger partial charge in [-0.3, -0.25) is 4.79 Å². The Labute approximate surface area is 359 Å². The van der Waals surface area contributed by atoms with Crippen molar-refractivity contribution in [1.29, 1.82) is 0 Å². The molecule has 8 heteroatoms. The molecule has 0 aliphatic rings. The average molecular weight is 842 g/mol. The number of furan rings is 3. The Balaban J connectivity index is 0.923. The van der Waals surface area contributed by atoms with E-state index in [9.17, 15) is 4.79 Å². The molecule has 0 spiro atoms. The third-order valence-corrected chi connectivity index (χ3v) is 14.8. The van der Waals surface area contributed by atoms with Crippen LogP contribution in [0.5, 0.6) is 0 Å². The normalized spacial score (nSPS) is 11.3. The van der Waals surface area contributed by atoms with Gasteiger partial charge in [0.25, 0.3) is 0 Å². The Hall–Kier alpha value is -5.77. The maximum Gasteiger partial charge on any atom is 0.228 e. The van der Waals surface area contributed by atoms with Gasteiger partial charge in [-0.05, 0) is 169 Å². The highest BCUT2D eigenvalue weighted by Crippen LogP contribution is 2.38. The van der Waals surface area contributed by atoms with Crippen LogP contribution in [-0.2, 0) is 23.7 Å².